The van der Waals surface area contributed by atoms with Crippen LogP contribution in [0.1, 0.15) is 38.7 Å². The molecule has 0 aliphatic rings. The molecule has 0 saturated carbocycles. The average molecular weight is 297 g/mol. The molecule has 20 heavy (non-hydrogen) atoms. The Morgan fingerprint density at radius 3 is 2.20 bits per heavy atom. The van der Waals surface area contributed by atoms with Gasteiger partial charge in [-0.05, 0) is 26.3 Å². The van der Waals surface area contributed by atoms with Crippen LogP contribution in [0.4, 0.5) is 0 Å². The Hall–Kier alpha value is -1.20. The summed E-state index contributed by atoms with van der Waals surface area (Å²) in [5, 5.41) is 0. The SMILES string of the molecule is CC(C)(C)S(=O)(=O)CCC(=O)C(CN)c1ccccc1. The number of hydrogen-bond donors (Lipinski definition) is 1. The van der Waals surface area contributed by atoms with E-state index in [4.69, 9.17) is 5.73 Å². The Morgan fingerprint density at radius 1 is 1.20 bits per heavy atom. The third-order valence-electron chi connectivity index (χ3n) is 3.38. The van der Waals surface area contributed by atoms with E-state index in [9.17, 15) is 13.2 Å². The zero-order valence-electron chi connectivity index (χ0n) is 12.3. The number of hydrogen-bond acceptors (Lipinski definition) is 4. The monoisotopic (exact) mass is 297 g/mol. The van der Waals surface area contributed by atoms with Crippen LogP contribution in [0.2, 0.25) is 0 Å². The molecule has 1 aromatic rings. The molecule has 0 spiro atoms. The molecule has 0 aromatic heterocycles. The fraction of sp³-hybridized carbons (Fsp3) is 0.533. The number of ketones is 1. The molecule has 0 saturated heterocycles. The van der Waals surface area contributed by atoms with E-state index in [1.807, 2.05) is 30.3 Å². The van der Waals surface area contributed by atoms with Gasteiger partial charge in [0.2, 0.25) is 0 Å². The van der Waals surface area contributed by atoms with Gasteiger partial charge in [0.1, 0.15) is 5.78 Å². The normalized spacial score (nSPS) is 14.0. The van der Waals surface area contributed by atoms with Gasteiger partial charge in [0.05, 0.1) is 16.4 Å². The Balaban J connectivity index is 2.76. The lowest BCUT2D eigenvalue weighted by atomic mass is 9.93. The average Bonchev–Trinajstić information content (AvgIpc) is 2.37. The molecular formula is C15H23NO3S. The predicted molar refractivity (Wildman–Crippen MR) is 81.4 cm³/mol. The minimum absolute atomic E-state index is 0.0103. The van der Waals surface area contributed by atoms with Crippen molar-refractivity contribution in [1.82, 2.24) is 0 Å². The minimum atomic E-state index is -3.28. The quantitative estimate of drug-likeness (QED) is 0.870. The molecule has 1 aromatic carbocycles. The summed E-state index contributed by atoms with van der Waals surface area (Å²) in [5.41, 5.74) is 6.50. The van der Waals surface area contributed by atoms with Gasteiger partial charge in [-0.3, -0.25) is 4.79 Å². The van der Waals surface area contributed by atoms with Crippen molar-refractivity contribution in [2.45, 2.75) is 37.9 Å². The van der Waals surface area contributed by atoms with Crippen LogP contribution in [-0.2, 0) is 14.6 Å². The number of sulfone groups is 1. The highest BCUT2D eigenvalue weighted by Crippen LogP contribution is 2.20. The van der Waals surface area contributed by atoms with Crippen LogP contribution in [0.5, 0.6) is 0 Å². The first-order valence-corrected chi connectivity index (χ1v) is 8.34. The minimum Gasteiger partial charge on any atom is -0.329 e. The van der Waals surface area contributed by atoms with Gasteiger partial charge in [0, 0.05) is 13.0 Å². The zero-order chi connectivity index (χ0) is 15.4. The summed E-state index contributed by atoms with van der Waals surface area (Å²) in [6.45, 7) is 5.12. The van der Waals surface area contributed by atoms with E-state index in [1.165, 1.54) is 0 Å². The molecule has 0 bridgehead atoms. The Bertz CT molecular complexity index is 544. The highest BCUT2D eigenvalue weighted by molar-refractivity contribution is 7.92. The number of nitrogens with two attached hydrogens (primary N) is 1. The highest BCUT2D eigenvalue weighted by Gasteiger charge is 2.30. The molecule has 0 heterocycles. The lowest BCUT2D eigenvalue weighted by molar-refractivity contribution is -0.119. The maximum absolute atomic E-state index is 12.2. The van der Waals surface area contributed by atoms with Crippen LogP contribution < -0.4 is 5.73 Å². The summed E-state index contributed by atoms with van der Waals surface area (Å²) in [6.07, 6.45) is 0.0103. The molecule has 0 aliphatic carbocycles. The second kappa shape index (κ2) is 6.50. The van der Waals surface area contributed by atoms with Crippen molar-refractivity contribution in [1.29, 1.82) is 0 Å². The van der Waals surface area contributed by atoms with Gasteiger partial charge in [0.15, 0.2) is 9.84 Å². The predicted octanol–water partition coefficient (Wildman–Crippen LogP) is 1.90. The molecule has 4 nitrogen and oxygen atoms in total. The number of carbonyl (C=O) groups excluding carboxylic acids is 1. The van der Waals surface area contributed by atoms with Gasteiger partial charge in [-0.2, -0.15) is 0 Å². The van der Waals surface area contributed by atoms with Crippen LogP contribution in [-0.4, -0.2) is 31.2 Å². The summed E-state index contributed by atoms with van der Waals surface area (Å²) in [4.78, 5) is 12.2. The van der Waals surface area contributed by atoms with Crippen LogP contribution in [0, 0.1) is 0 Å². The third kappa shape index (κ3) is 4.15. The first kappa shape index (κ1) is 16.9. The molecule has 0 amide bonds. The molecule has 2 N–H and O–H groups in total. The second-order valence-corrected chi connectivity index (χ2v) is 8.71. The molecule has 1 atom stereocenters. The van der Waals surface area contributed by atoms with E-state index in [1.54, 1.807) is 20.8 Å². The molecule has 0 fully saturated rings. The van der Waals surface area contributed by atoms with Gasteiger partial charge in [-0.1, -0.05) is 30.3 Å². The summed E-state index contributed by atoms with van der Waals surface area (Å²) >= 11 is 0. The van der Waals surface area contributed by atoms with E-state index in [0.717, 1.165) is 5.56 Å². The number of benzene rings is 1. The lowest BCUT2D eigenvalue weighted by Gasteiger charge is -2.20. The van der Waals surface area contributed by atoms with Crippen molar-refractivity contribution >= 4 is 15.6 Å². The maximum atomic E-state index is 12.2. The number of rotatable bonds is 6. The summed E-state index contributed by atoms with van der Waals surface area (Å²) in [7, 11) is -3.28. The Kier molecular flexibility index (Phi) is 5.48. The standard InChI is InChI=1S/C15H23NO3S/c1-15(2,3)20(18,19)10-9-14(17)13(11-16)12-7-5-4-6-8-12/h4-8,13H,9-11,16H2,1-3H3. The highest BCUT2D eigenvalue weighted by atomic mass is 32.2. The van der Waals surface area contributed by atoms with Gasteiger partial charge in [-0.15, -0.1) is 0 Å². The molecule has 112 valence electrons. The number of carbonyl (C=O) groups is 1. The van der Waals surface area contributed by atoms with Crippen molar-refractivity contribution in [3.63, 3.8) is 0 Å². The molecule has 1 unspecified atom stereocenters. The molecular weight excluding hydrogens is 274 g/mol. The Labute approximate surface area is 121 Å². The van der Waals surface area contributed by atoms with Crippen molar-refractivity contribution in [3.8, 4) is 0 Å². The van der Waals surface area contributed by atoms with Gasteiger partial charge >= 0.3 is 0 Å². The summed E-state index contributed by atoms with van der Waals surface area (Å²) < 4.78 is 23.2. The van der Waals surface area contributed by atoms with Crippen molar-refractivity contribution < 1.29 is 13.2 Å². The first-order valence-electron chi connectivity index (χ1n) is 6.69. The lowest BCUT2D eigenvalue weighted by Crippen LogP contribution is -2.32. The molecule has 5 heteroatoms. The second-order valence-electron chi connectivity index (χ2n) is 5.85. The first-order chi connectivity index (χ1) is 9.19. The van der Waals surface area contributed by atoms with Gasteiger partial charge in [0.25, 0.3) is 0 Å². The number of Topliss-reactive ketones (excluding diaryl/α,β-unsaturated/α-hetero) is 1. The summed E-state index contributed by atoms with van der Waals surface area (Å²) in [5.74, 6) is -0.670. The van der Waals surface area contributed by atoms with E-state index in [-0.39, 0.29) is 24.5 Å². The van der Waals surface area contributed by atoms with Crippen molar-refractivity contribution in [2.24, 2.45) is 5.73 Å². The van der Waals surface area contributed by atoms with Crippen molar-refractivity contribution in [2.75, 3.05) is 12.3 Å². The van der Waals surface area contributed by atoms with Gasteiger partial charge in [-0.25, -0.2) is 8.42 Å². The van der Waals surface area contributed by atoms with Gasteiger partial charge < -0.3 is 5.73 Å². The van der Waals surface area contributed by atoms with Crippen LogP contribution in [0.25, 0.3) is 0 Å². The Morgan fingerprint density at radius 2 is 1.75 bits per heavy atom. The van der Waals surface area contributed by atoms with E-state index >= 15 is 0 Å². The molecule has 0 radical (unpaired) electrons. The van der Waals surface area contributed by atoms with E-state index in [2.05, 4.69) is 0 Å². The van der Waals surface area contributed by atoms with Crippen LogP contribution >= 0.6 is 0 Å². The topological polar surface area (TPSA) is 77.2 Å². The molecule has 0 aliphatic heterocycles. The largest absolute Gasteiger partial charge is 0.329 e. The van der Waals surface area contributed by atoms with Crippen LogP contribution in [0.15, 0.2) is 30.3 Å². The van der Waals surface area contributed by atoms with Crippen molar-refractivity contribution in [3.05, 3.63) is 35.9 Å². The summed E-state index contributed by atoms with van der Waals surface area (Å²) in [6, 6.07) is 9.24. The third-order valence-corrected chi connectivity index (χ3v) is 5.98. The van der Waals surface area contributed by atoms with Crippen LogP contribution in [0.3, 0.4) is 0 Å². The van der Waals surface area contributed by atoms with E-state index < -0.39 is 20.5 Å². The zero-order valence-corrected chi connectivity index (χ0v) is 13.1. The van der Waals surface area contributed by atoms with E-state index in [0.29, 0.717) is 0 Å². The fourth-order valence-electron chi connectivity index (χ4n) is 1.85. The molecule has 1 rings (SSSR count). The smallest absolute Gasteiger partial charge is 0.155 e. The fourth-order valence-corrected chi connectivity index (χ4v) is 2.94. The maximum Gasteiger partial charge on any atom is 0.155 e.